The van der Waals surface area contributed by atoms with Crippen LogP contribution < -0.4 is 10.5 Å². The molecule has 9 nitrogen and oxygen atoms in total. The van der Waals surface area contributed by atoms with Crippen LogP contribution >= 0.6 is 11.3 Å². The highest BCUT2D eigenvalue weighted by Gasteiger charge is 2.42. The first-order chi connectivity index (χ1) is 17.8. The zero-order valence-corrected chi connectivity index (χ0v) is 25.3. The fourth-order valence-electron chi connectivity index (χ4n) is 5.56. The molecule has 1 fully saturated rings. The summed E-state index contributed by atoms with van der Waals surface area (Å²) in [6, 6.07) is 0.0316. The van der Waals surface area contributed by atoms with Gasteiger partial charge in [-0.05, 0) is 81.5 Å². The minimum atomic E-state index is -2.18. The highest BCUT2D eigenvalue weighted by Crippen LogP contribution is 2.48. The lowest BCUT2D eigenvalue weighted by atomic mass is 9.92. The second kappa shape index (κ2) is 11.1. The number of primary amides is 1. The summed E-state index contributed by atoms with van der Waals surface area (Å²) in [6.45, 7) is 13.1. The van der Waals surface area contributed by atoms with Crippen LogP contribution in [0.1, 0.15) is 82.6 Å². The summed E-state index contributed by atoms with van der Waals surface area (Å²) < 4.78 is 13.0. The SMILES string of the molecule is CCN(C(=O)O)C1CCC(Oc2ncnc3sc4c(c23)[C@@H](C[C@H](O[Si](C)(C)C(C)(C)C)C(N)=O)CC4)CC1. The number of hydrogen-bond acceptors (Lipinski definition) is 7. The molecule has 38 heavy (non-hydrogen) atoms. The summed E-state index contributed by atoms with van der Waals surface area (Å²) >= 11 is 1.68. The Morgan fingerprint density at radius 3 is 2.47 bits per heavy atom. The van der Waals surface area contributed by atoms with Gasteiger partial charge in [-0.25, -0.2) is 14.8 Å². The van der Waals surface area contributed by atoms with E-state index in [1.807, 2.05) is 6.92 Å². The third-order valence-corrected chi connectivity index (χ3v) is 14.4. The Morgan fingerprint density at radius 2 is 1.89 bits per heavy atom. The molecule has 2 amide bonds. The van der Waals surface area contributed by atoms with Gasteiger partial charge in [-0.3, -0.25) is 4.79 Å². The lowest BCUT2D eigenvalue weighted by Crippen LogP contribution is -2.48. The van der Waals surface area contributed by atoms with Crippen LogP contribution in [0.5, 0.6) is 5.88 Å². The molecule has 0 unspecified atom stereocenters. The molecule has 2 aromatic rings. The average molecular weight is 563 g/mol. The van der Waals surface area contributed by atoms with E-state index in [9.17, 15) is 14.7 Å². The molecule has 0 spiro atoms. The predicted octanol–water partition coefficient (Wildman–Crippen LogP) is 5.68. The molecule has 2 aromatic heterocycles. The van der Waals surface area contributed by atoms with Crippen molar-refractivity contribution in [2.24, 2.45) is 5.73 Å². The number of carbonyl (C=O) groups excluding carboxylic acids is 1. The number of rotatable bonds is 9. The summed E-state index contributed by atoms with van der Waals surface area (Å²) in [5.74, 6) is 0.308. The van der Waals surface area contributed by atoms with Gasteiger partial charge in [0.25, 0.3) is 0 Å². The van der Waals surface area contributed by atoms with Crippen LogP contribution in [0.3, 0.4) is 0 Å². The summed E-state index contributed by atoms with van der Waals surface area (Å²) in [4.78, 5) is 36.8. The molecule has 210 valence electrons. The Balaban J connectivity index is 1.54. The maximum atomic E-state index is 12.5. The Bertz CT molecular complexity index is 1170. The number of fused-ring (bicyclic) bond motifs is 3. The molecular weight excluding hydrogens is 520 g/mol. The van der Waals surface area contributed by atoms with Gasteiger partial charge in [0.2, 0.25) is 11.8 Å². The second-order valence-electron chi connectivity index (χ2n) is 12.2. The molecule has 0 radical (unpaired) electrons. The Morgan fingerprint density at radius 1 is 1.21 bits per heavy atom. The van der Waals surface area contributed by atoms with Crippen molar-refractivity contribution in [3.8, 4) is 5.88 Å². The van der Waals surface area contributed by atoms with Crippen molar-refractivity contribution < 1.29 is 23.9 Å². The number of thiophene rings is 1. The monoisotopic (exact) mass is 562 g/mol. The quantitative estimate of drug-likeness (QED) is 0.377. The van der Waals surface area contributed by atoms with Gasteiger partial charge in [0.05, 0.1) is 5.39 Å². The third-order valence-electron chi connectivity index (χ3n) is 8.70. The summed E-state index contributed by atoms with van der Waals surface area (Å²) in [6.07, 6.45) is 5.54. The normalized spacial score (nSPS) is 22.7. The van der Waals surface area contributed by atoms with E-state index in [-0.39, 0.29) is 23.1 Å². The topological polar surface area (TPSA) is 128 Å². The van der Waals surface area contributed by atoms with Crippen LogP contribution in [0.4, 0.5) is 4.79 Å². The lowest BCUT2D eigenvalue weighted by Gasteiger charge is -2.39. The van der Waals surface area contributed by atoms with Crippen molar-refractivity contribution >= 4 is 41.9 Å². The van der Waals surface area contributed by atoms with Crippen LogP contribution in [-0.4, -0.2) is 65.1 Å². The van der Waals surface area contributed by atoms with Crippen molar-refractivity contribution in [1.82, 2.24) is 14.9 Å². The van der Waals surface area contributed by atoms with Crippen LogP contribution in [0.25, 0.3) is 10.2 Å². The maximum Gasteiger partial charge on any atom is 0.407 e. The molecule has 2 aliphatic carbocycles. The van der Waals surface area contributed by atoms with Gasteiger partial charge in [-0.15, -0.1) is 11.3 Å². The van der Waals surface area contributed by atoms with Crippen molar-refractivity contribution in [3.63, 3.8) is 0 Å². The van der Waals surface area contributed by atoms with E-state index in [0.717, 1.165) is 48.7 Å². The van der Waals surface area contributed by atoms with Crippen molar-refractivity contribution in [3.05, 3.63) is 16.8 Å². The molecule has 4 rings (SSSR count). The summed E-state index contributed by atoms with van der Waals surface area (Å²) in [5, 5.41) is 10.4. The number of carboxylic acid groups (broad SMARTS) is 1. The third kappa shape index (κ3) is 5.84. The fourth-order valence-corrected chi connectivity index (χ4v) is 8.07. The fraction of sp³-hybridized carbons (Fsp3) is 0.704. The van der Waals surface area contributed by atoms with Crippen LogP contribution in [0.2, 0.25) is 18.1 Å². The molecule has 1 saturated carbocycles. The van der Waals surface area contributed by atoms with Crippen LogP contribution in [0.15, 0.2) is 6.33 Å². The largest absolute Gasteiger partial charge is 0.474 e. The van der Waals surface area contributed by atoms with E-state index in [4.69, 9.17) is 14.9 Å². The van der Waals surface area contributed by atoms with Gasteiger partial charge in [-0.1, -0.05) is 20.8 Å². The second-order valence-corrected chi connectivity index (χ2v) is 18.0. The van der Waals surface area contributed by atoms with E-state index in [1.54, 1.807) is 17.7 Å². The maximum absolute atomic E-state index is 12.5. The smallest absolute Gasteiger partial charge is 0.407 e. The van der Waals surface area contributed by atoms with Crippen LogP contribution in [0, 0.1) is 0 Å². The van der Waals surface area contributed by atoms with E-state index in [1.165, 1.54) is 15.3 Å². The number of amides is 2. The van der Waals surface area contributed by atoms with Crippen molar-refractivity contribution in [2.45, 2.75) is 115 Å². The first-order valence-corrected chi connectivity index (χ1v) is 17.4. The molecule has 0 bridgehead atoms. The number of nitrogens with two attached hydrogens (primary N) is 1. The van der Waals surface area contributed by atoms with E-state index < -0.39 is 26.4 Å². The number of ether oxygens (including phenoxy) is 1. The number of nitrogens with zero attached hydrogens (tertiary/aromatic N) is 3. The van der Waals surface area contributed by atoms with E-state index >= 15 is 0 Å². The van der Waals surface area contributed by atoms with Gasteiger partial charge in [0.1, 0.15) is 23.4 Å². The van der Waals surface area contributed by atoms with Gasteiger partial charge in [-0.2, -0.15) is 0 Å². The van der Waals surface area contributed by atoms with Gasteiger partial charge < -0.3 is 24.9 Å². The molecule has 2 heterocycles. The molecular formula is C27H42N4O5SSi. The number of carbonyl (C=O) groups is 2. The van der Waals surface area contributed by atoms with Gasteiger partial charge in [0, 0.05) is 17.5 Å². The Hall–Kier alpha value is -2.24. The van der Waals surface area contributed by atoms with Gasteiger partial charge >= 0.3 is 6.09 Å². The molecule has 2 aliphatic rings. The number of aryl methyl sites for hydroxylation is 1. The molecule has 0 aromatic carbocycles. The number of hydrogen-bond donors (Lipinski definition) is 2. The molecule has 11 heteroatoms. The average Bonchev–Trinajstić information content (AvgIpc) is 3.39. The van der Waals surface area contributed by atoms with E-state index in [2.05, 4.69) is 43.8 Å². The number of aromatic nitrogens is 2. The Labute approximate surface area is 230 Å². The zero-order chi connectivity index (χ0) is 27.8. The molecule has 2 atom stereocenters. The minimum Gasteiger partial charge on any atom is -0.474 e. The van der Waals surface area contributed by atoms with Crippen molar-refractivity contribution in [1.29, 1.82) is 0 Å². The lowest BCUT2D eigenvalue weighted by molar-refractivity contribution is -0.125. The van der Waals surface area contributed by atoms with Crippen molar-refractivity contribution in [2.75, 3.05) is 6.54 Å². The molecule has 0 aliphatic heterocycles. The first-order valence-electron chi connectivity index (χ1n) is 13.7. The highest BCUT2D eigenvalue weighted by atomic mass is 32.1. The minimum absolute atomic E-state index is 0.0208. The predicted molar refractivity (Wildman–Crippen MR) is 151 cm³/mol. The van der Waals surface area contributed by atoms with Crippen LogP contribution in [-0.2, 0) is 15.6 Å². The van der Waals surface area contributed by atoms with Gasteiger partial charge in [0.15, 0.2) is 8.32 Å². The standard InChI is InChI=1S/C27H42N4O5SSi/c1-7-31(26(33)34)17-9-11-18(12-10-17)35-24-22-21-16(8-13-20(21)37-25(22)30-15-29-24)14-19(23(28)32)36-38(5,6)27(2,3)4/h15-19H,7-14H2,1-6H3,(H2,28,32)(H,33,34)/t16-,17?,18?,19+/m1/s1. The molecule has 3 N–H and O–H groups in total. The highest BCUT2D eigenvalue weighted by molar-refractivity contribution is 7.19. The van der Waals surface area contributed by atoms with E-state index in [0.29, 0.717) is 18.8 Å². The Kier molecular flexibility index (Phi) is 8.39. The summed E-state index contributed by atoms with van der Waals surface area (Å²) in [5.41, 5.74) is 7.04. The zero-order valence-electron chi connectivity index (χ0n) is 23.5. The molecule has 0 saturated heterocycles. The first kappa shape index (κ1) is 28.8. The summed E-state index contributed by atoms with van der Waals surface area (Å²) in [7, 11) is -2.18.